The van der Waals surface area contributed by atoms with Crippen molar-refractivity contribution in [2.45, 2.75) is 112 Å². The van der Waals surface area contributed by atoms with Gasteiger partial charge in [0.25, 0.3) is 11.8 Å². The van der Waals surface area contributed by atoms with Gasteiger partial charge in [0.2, 0.25) is 23.6 Å². The smallest absolute Gasteiger partial charge is 0.264 e. The predicted octanol–water partition coefficient (Wildman–Crippen LogP) is 8.49. The van der Waals surface area contributed by atoms with Crippen LogP contribution in [-0.4, -0.2) is 96.7 Å². The summed E-state index contributed by atoms with van der Waals surface area (Å²) in [7, 11) is 0. The van der Waals surface area contributed by atoms with Crippen LogP contribution < -0.4 is 26.6 Å². The van der Waals surface area contributed by atoms with Crippen molar-refractivity contribution in [3.8, 4) is 0 Å². The zero-order valence-corrected chi connectivity index (χ0v) is 41.2. The lowest BCUT2D eigenvalue weighted by Crippen LogP contribution is -2.60. The lowest BCUT2D eigenvalue weighted by molar-refractivity contribution is -0.136. The van der Waals surface area contributed by atoms with E-state index < -0.39 is 64.3 Å². The van der Waals surface area contributed by atoms with Crippen molar-refractivity contribution < 1.29 is 47.4 Å². The number of Topliss-reactive ketones (excluding diaryl/α,β-unsaturated/α-hetero) is 1. The normalized spacial score (nSPS) is 22.0. The van der Waals surface area contributed by atoms with E-state index >= 15 is 4.39 Å². The first kappa shape index (κ1) is 50.9. The summed E-state index contributed by atoms with van der Waals surface area (Å²) in [5, 5.41) is 15.4. The van der Waals surface area contributed by atoms with Gasteiger partial charge in [-0.1, -0.05) is 66.7 Å². The third kappa shape index (κ3) is 9.79. The standard InChI is InChI=1S/C54H57Cl2FN6O9/c55-33-18-21-37-40(31-33)60-52(70)54(37)45(36-12-8-13-38(56)46(36)57)47(62-53(54)24-3-1-4-25-53)49(67)59-34-19-16-32(17-20-34)42(64)15-2-5-27-71-28-6-7-29-72-30-10-26-58-39-14-9-11-35-44(39)51(69)63(50(35)68)41-22-23-43(65)61-48(41)66/h8-9,11-14,16-21,31,41,45,47,58,62H,1-7,10,15,22-30H2,(H,59,67)(H,60,70)(H,61,65,66)/t41?,45-,47+,54+/m0/s1. The number of carbonyl (C=O) groups is 7. The molecule has 4 atom stereocenters. The molecule has 4 aliphatic heterocycles. The largest absolute Gasteiger partial charge is 0.384 e. The van der Waals surface area contributed by atoms with Gasteiger partial charge in [0.15, 0.2) is 5.78 Å². The van der Waals surface area contributed by atoms with E-state index in [2.05, 4.69) is 26.6 Å². The highest BCUT2D eigenvalue weighted by molar-refractivity contribution is 6.31. The molecule has 2 spiro atoms. The molecule has 5 N–H and O–H groups in total. The number of amides is 6. The van der Waals surface area contributed by atoms with Gasteiger partial charge < -0.3 is 25.4 Å². The molecular weight excluding hydrogens is 967 g/mol. The van der Waals surface area contributed by atoms with Crippen molar-refractivity contribution in [1.29, 1.82) is 0 Å². The zero-order valence-electron chi connectivity index (χ0n) is 39.7. The van der Waals surface area contributed by atoms with Crippen LogP contribution in [0.3, 0.4) is 0 Å². The second-order valence-corrected chi connectivity index (χ2v) is 20.0. The minimum Gasteiger partial charge on any atom is -0.384 e. The number of nitrogens with one attached hydrogen (secondary N) is 5. The van der Waals surface area contributed by atoms with Gasteiger partial charge in [0.05, 0.1) is 22.2 Å². The number of hydrogen-bond acceptors (Lipinski definition) is 11. The first-order valence-corrected chi connectivity index (χ1v) is 25.6. The Morgan fingerprint density at radius 1 is 0.792 bits per heavy atom. The Balaban J connectivity index is 0.691. The molecule has 4 heterocycles. The van der Waals surface area contributed by atoms with Crippen molar-refractivity contribution in [1.82, 2.24) is 15.5 Å². The van der Waals surface area contributed by atoms with E-state index in [0.29, 0.717) is 105 Å². The number of ketones is 1. The molecule has 0 aromatic heterocycles. The third-order valence-corrected chi connectivity index (χ3v) is 15.3. The summed E-state index contributed by atoms with van der Waals surface area (Å²) >= 11 is 12.8. The van der Waals surface area contributed by atoms with Crippen molar-refractivity contribution in [3.63, 3.8) is 0 Å². The minimum atomic E-state index is -1.35. The fraction of sp³-hybridized carbons (Fsp3) is 0.426. The van der Waals surface area contributed by atoms with Gasteiger partial charge in [-0.15, -0.1) is 0 Å². The SMILES string of the molecule is O=C1CCC(N2C(=O)c3cccc(NCCCOCCCCOCCCCC(=O)c4ccc(NC(=O)[C@@H]5NC6(CCCCC6)[C@@]6(C(=O)Nc7cc(Cl)ccc76)[C@H]5c5cccc(Cl)c5F)cc4)c3C2=O)C(=O)N1. The highest BCUT2D eigenvalue weighted by Gasteiger charge is 2.72. The molecule has 6 amide bonds. The number of rotatable bonds is 20. The van der Waals surface area contributed by atoms with E-state index in [1.807, 2.05) is 6.07 Å². The molecular formula is C54H57Cl2FN6O9. The fourth-order valence-corrected chi connectivity index (χ4v) is 11.8. The summed E-state index contributed by atoms with van der Waals surface area (Å²) in [5.74, 6) is -4.61. The van der Waals surface area contributed by atoms with Gasteiger partial charge in [0.1, 0.15) is 17.3 Å². The summed E-state index contributed by atoms with van der Waals surface area (Å²) in [4.78, 5) is 93.6. The van der Waals surface area contributed by atoms with Crippen LogP contribution in [0.2, 0.25) is 10.0 Å². The molecule has 4 aromatic carbocycles. The molecule has 1 unspecified atom stereocenters. The first-order chi connectivity index (χ1) is 34.8. The third-order valence-electron chi connectivity index (χ3n) is 14.8. The Morgan fingerprint density at radius 2 is 1.50 bits per heavy atom. The zero-order chi connectivity index (χ0) is 50.6. The lowest BCUT2D eigenvalue weighted by atomic mass is 9.55. The summed E-state index contributed by atoms with van der Waals surface area (Å²) in [6.07, 6.45) is 7.93. The molecule has 378 valence electrons. The van der Waals surface area contributed by atoms with Gasteiger partial charge in [-0.3, -0.25) is 49.1 Å². The summed E-state index contributed by atoms with van der Waals surface area (Å²) in [6.45, 7) is 2.63. The molecule has 9 rings (SSSR count). The van der Waals surface area contributed by atoms with Gasteiger partial charge >= 0.3 is 0 Å². The average molecular weight is 1020 g/mol. The topological polar surface area (TPSA) is 201 Å². The lowest BCUT2D eigenvalue weighted by Gasteiger charge is -2.47. The molecule has 3 fully saturated rings. The number of unbranched alkanes of at least 4 members (excludes halogenated alkanes) is 2. The molecule has 5 aliphatic rings. The van der Waals surface area contributed by atoms with Crippen LogP contribution >= 0.6 is 23.2 Å². The molecule has 2 saturated heterocycles. The molecule has 1 saturated carbocycles. The molecule has 15 nitrogen and oxygen atoms in total. The number of nitrogens with zero attached hydrogens (tertiary/aromatic N) is 1. The van der Waals surface area contributed by atoms with E-state index in [-0.39, 0.29) is 46.2 Å². The van der Waals surface area contributed by atoms with Crippen LogP contribution in [0.25, 0.3) is 0 Å². The molecule has 0 bridgehead atoms. The quantitative estimate of drug-likeness (QED) is 0.0323. The minimum absolute atomic E-state index is 0.0333. The molecule has 4 aromatic rings. The second kappa shape index (κ2) is 22.0. The fourth-order valence-electron chi connectivity index (χ4n) is 11.5. The number of imide groups is 2. The monoisotopic (exact) mass is 1020 g/mol. The predicted molar refractivity (Wildman–Crippen MR) is 269 cm³/mol. The summed E-state index contributed by atoms with van der Waals surface area (Å²) < 4.78 is 27.8. The summed E-state index contributed by atoms with van der Waals surface area (Å²) in [5.41, 5.74) is 1.07. The number of ether oxygens (including phenoxy) is 2. The number of hydrogen-bond donors (Lipinski definition) is 5. The second-order valence-electron chi connectivity index (χ2n) is 19.2. The first-order valence-electron chi connectivity index (χ1n) is 24.9. The summed E-state index contributed by atoms with van der Waals surface area (Å²) in [6, 6.07) is 19.5. The van der Waals surface area contributed by atoms with Crippen LogP contribution in [0.5, 0.6) is 0 Å². The van der Waals surface area contributed by atoms with E-state index in [4.69, 9.17) is 32.7 Å². The maximum Gasteiger partial charge on any atom is 0.264 e. The van der Waals surface area contributed by atoms with E-state index in [0.717, 1.165) is 37.0 Å². The van der Waals surface area contributed by atoms with Gasteiger partial charge in [-0.2, -0.15) is 0 Å². The maximum atomic E-state index is 16.3. The van der Waals surface area contributed by atoms with Gasteiger partial charge in [0, 0.05) is 84.9 Å². The van der Waals surface area contributed by atoms with Crippen LogP contribution in [0.1, 0.15) is 132 Å². The Labute approximate surface area is 426 Å². The van der Waals surface area contributed by atoms with Gasteiger partial charge in [-0.25, -0.2) is 4.39 Å². The number of anilines is 3. The van der Waals surface area contributed by atoms with Crippen LogP contribution in [0, 0.1) is 5.82 Å². The number of halogens is 3. The Kier molecular flexibility index (Phi) is 15.5. The molecule has 72 heavy (non-hydrogen) atoms. The van der Waals surface area contributed by atoms with Crippen LogP contribution in [0.15, 0.2) is 78.9 Å². The number of carbonyl (C=O) groups excluding carboxylic acids is 7. The number of fused-ring (bicyclic) bond motifs is 4. The Morgan fingerprint density at radius 3 is 2.24 bits per heavy atom. The molecule has 18 heteroatoms. The van der Waals surface area contributed by atoms with E-state index in [1.54, 1.807) is 66.7 Å². The van der Waals surface area contributed by atoms with Gasteiger partial charge in [-0.05, 0) is 117 Å². The number of piperidine rings is 1. The maximum absolute atomic E-state index is 16.3. The van der Waals surface area contributed by atoms with Crippen molar-refractivity contribution >= 4 is 81.5 Å². The highest BCUT2D eigenvalue weighted by Crippen LogP contribution is 2.63. The van der Waals surface area contributed by atoms with Crippen molar-refractivity contribution in [3.05, 3.63) is 123 Å². The number of benzene rings is 4. The Bertz CT molecular complexity index is 2790. The Hall–Kier alpha value is -6.04. The van der Waals surface area contributed by atoms with E-state index in [9.17, 15) is 33.6 Å². The van der Waals surface area contributed by atoms with Crippen molar-refractivity contribution in [2.75, 3.05) is 48.9 Å². The van der Waals surface area contributed by atoms with E-state index in [1.165, 1.54) is 6.07 Å². The highest BCUT2D eigenvalue weighted by atomic mass is 35.5. The van der Waals surface area contributed by atoms with Crippen molar-refractivity contribution in [2.24, 2.45) is 0 Å². The molecule has 0 radical (unpaired) electrons. The van der Waals surface area contributed by atoms with Crippen LogP contribution in [0.4, 0.5) is 21.5 Å². The molecule has 1 aliphatic carbocycles. The van der Waals surface area contributed by atoms with Crippen LogP contribution in [-0.2, 0) is 34.1 Å². The average Bonchev–Trinajstić information content (AvgIpc) is 3.93.